The number of nitrogens with zero attached hydrogens (tertiary/aromatic N) is 5. The minimum absolute atomic E-state index is 0.113. The minimum atomic E-state index is -0.895. The predicted molar refractivity (Wildman–Crippen MR) is 181 cm³/mol. The molecule has 1 unspecified atom stereocenters. The number of carboxylic acid groups (broad SMARTS) is 1. The summed E-state index contributed by atoms with van der Waals surface area (Å²) in [4.78, 5) is 43.6. The van der Waals surface area contributed by atoms with Gasteiger partial charge in [-0.25, -0.2) is 14.8 Å². The Kier molecular flexibility index (Phi) is 10.6. The molecule has 258 valence electrons. The number of carbonyl (C=O) groups excluding carboxylic acids is 1. The van der Waals surface area contributed by atoms with Crippen LogP contribution >= 0.6 is 0 Å². The van der Waals surface area contributed by atoms with Gasteiger partial charge in [0.15, 0.2) is 5.89 Å². The Balaban J connectivity index is 1.17. The number of pyridine rings is 2. The first kappa shape index (κ1) is 33.9. The second-order valence-electron chi connectivity index (χ2n) is 14.1. The molecule has 48 heavy (non-hydrogen) atoms. The molecule has 11 nitrogen and oxygen atoms in total. The molecule has 2 aliphatic carbocycles. The Morgan fingerprint density at radius 1 is 1.06 bits per heavy atom. The third-order valence-electron chi connectivity index (χ3n) is 10.6. The van der Waals surface area contributed by atoms with E-state index in [1.807, 2.05) is 43.9 Å². The van der Waals surface area contributed by atoms with E-state index in [9.17, 15) is 14.7 Å². The third-order valence-corrected chi connectivity index (χ3v) is 10.6. The molecule has 0 aromatic carbocycles. The predicted octanol–water partition coefficient (Wildman–Crippen LogP) is 7.06. The van der Waals surface area contributed by atoms with Crippen molar-refractivity contribution in [2.75, 3.05) is 38.3 Å². The zero-order valence-corrected chi connectivity index (χ0v) is 28.6. The molecule has 2 amide bonds. The summed E-state index contributed by atoms with van der Waals surface area (Å²) in [5.41, 5.74) is 3.64. The molecule has 4 heterocycles. The van der Waals surface area contributed by atoms with E-state index in [0.717, 1.165) is 79.8 Å². The highest BCUT2D eigenvalue weighted by molar-refractivity contribution is 5.94. The minimum Gasteiger partial charge on any atom is -0.495 e. The monoisotopic (exact) mass is 659 g/mol. The average molecular weight is 660 g/mol. The van der Waals surface area contributed by atoms with E-state index in [0.29, 0.717) is 49.8 Å². The number of rotatable bonds is 9. The van der Waals surface area contributed by atoms with Gasteiger partial charge in [0, 0.05) is 48.3 Å². The van der Waals surface area contributed by atoms with Crippen molar-refractivity contribution in [1.29, 1.82) is 0 Å². The summed E-state index contributed by atoms with van der Waals surface area (Å²) >= 11 is 0. The number of aryl methyl sites for hydroxylation is 1. The van der Waals surface area contributed by atoms with Crippen molar-refractivity contribution < 1.29 is 28.6 Å². The number of ether oxygens (including phenoxy) is 2. The van der Waals surface area contributed by atoms with Crippen molar-refractivity contribution in [1.82, 2.24) is 19.9 Å². The quantitative estimate of drug-likeness (QED) is 0.256. The summed E-state index contributed by atoms with van der Waals surface area (Å²) in [6.07, 6.45) is 9.67. The first-order chi connectivity index (χ1) is 23.2. The molecular formula is C37H49N5O6. The Bertz CT molecular complexity index is 1560. The maximum atomic E-state index is 14.4. The van der Waals surface area contributed by atoms with Gasteiger partial charge < -0.3 is 23.9 Å². The van der Waals surface area contributed by atoms with E-state index in [1.54, 1.807) is 19.6 Å². The number of aromatic nitrogens is 3. The molecule has 1 saturated heterocycles. The summed E-state index contributed by atoms with van der Waals surface area (Å²) in [7, 11) is 1.67. The molecule has 0 bridgehead atoms. The zero-order valence-electron chi connectivity index (χ0n) is 28.6. The molecule has 0 radical (unpaired) electrons. The zero-order chi connectivity index (χ0) is 33.8. The lowest BCUT2D eigenvalue weighted by Gasteiger charge is -2.39. The topological polar surface area (TPSA) is 131 Å². The van der Waals surface area contributed by atoms with Crippen LogP contribution in [-0.2, 0) is 9.53 Å². The third kappa shape index (κ3) is 7.66. The number of oxazole rings is 1. The van der Waals surface area contributed by atoms with Crippen molar-refractivity contribution in [2.24, 2.45) is 17.8 Å². The highest BCUT2D eigenvalue weighted by Crippen LogP contribution is 2.39. The summed E-state index contributed by atoms with van der Waals surface area (Å²) in [5.74, 6) is 3.31. The standard InChI is InChI=1S/C37H49N5O6/c1-23(2)35-40-31(22-48-35)29-15-16-38-34(19-29)42(20-25-5-7-26(8-6-25)30-13-14-32(46-4)24(3)39-30)36(43)28-11-9-27(10-12-28)33-21-41(37(44)45)17-18-47-33/h13-16,19,22-23,25-28,33H,5-12,17-18,20-21H2,1-4H3,(H,44,45)/t25-,26-,27-,28-,33?. The number of carbonyl (C=O) groups is 2. The second kappa shape index (κ2) is 15.1. The lowest BCUT2D eigenvalue weighted by Crippen LogP contribution is -2.49. The maximum Gasteiger partial charge on any atom is 0.407 e. The molecular weight excluding hydrogens is 610 g/mol. The lowest BCUT2D eigenvalue weighted by molar-refractivity contribution is -0.124. The smallest absolute Gasteiger partial charge is 0.407 e. The van der Waals surface area contributed by atoms with E-state index in [1.165, 1.54) is 4.90 Å². The molecule has 0 spiro atoms. The van der Waals surface area contributed by atoms with Gasteiger partial charge in [0.1, 0.15) is 23.5 Å². The normalized spacial score (nSPS) is 24.8. The Hall–Kier alpha value is -3.99. The number of morpholine rings is 1. The number of methoxy groups -OCH3 is 1. The number of hydrogen-bond acceptors (Lipinski definition) is 8. The van der Waals surface area contributed by atoms with Crippen LogP contribution in [0.5, 0.6) is 5.75 Å². The number of anilines is 1. The van der Waals surface area contributed by atoms with E-state index in [-0.39, 0.29) is 29.8 Å². The number of hydrogen-bond donors (Lipinski definition) is 1. The molecule has 3 aliphatic rings. The van der Waals surface area contributed by atoms with Crippen LogP contribution in [0.1, 0.15) is 94.3 Å². The molecule has 11 heteroatoms. The molecule has 6 rings (SSSR count). The van der Waals surface area contributed by atoms with Crippen LogP contribution in [0.25, 0.3) is 11.3 Å². The van der Waals surface area contributed by atoms with Gasteiger partial charge in [-0.05, 0) is 94.4 Å². The molecule has 3 fully saturated rings. The molecule has 1 N–H and O–H groups in total. The van der Waals surface area contributed by atoms with Crippen LogP contribution in [0.3, 0.4) is 0 Å². The maximum absolute atomic E-state index is 14.4. The van der Waals surface area contributed by atoms with E-state index in [4.69, 9.17) is 28.8 Å². The van der Waals surface area contributed by atoms with E-state index in [2.05, 4.69) is 6.07 Å². The van der Waals surface area contributed by atoms with Gasteiger partial charge in [0.2, 0.25) is 5.91 Å². The van der Waals surface area contributed by atoms with Crippen molar-refractivity contribution in [3.8, 4) is 17.0 Å². The Labute approximate surface area is 283 Å². The Morgan fingerprint density at radius 2 is 1.83 bits per heavy atom. The van der Waals surface area contributed by atoms with Gasteiger partial charge in [-0.2, -0.15) is 0 Å². The fraction of sp³-hybridized carbons (Fsp3) is 0.595. The first-order valence-electron chi connectivity index (χ1n) is 17.5. The molecule has 1 aliphatic heterocycles. The van der Waals surface area contributed by atoms with Gasteiger partial charge in [-0.1, -0.05) is 13.8 Å². The van der Waals surface area contributed by atoms with E-state index < -0.39 is 6.09 Å². The molecule has 1 atom stereocenters. The van der Waals surface area contributed by atoms with E-state index >= 15 is 0 Å². The van der Waals surface area contributed by atoms with Gasteiger partial charge in [0.05, 0.1) is 32.1 Å². The van der Waals surface area contributed by atoms with Crippen molar-refractivity contribution >= 4 is 17.8 Å². The largest absolute Gasteiger partial charge is 0.495 e. The summed E-state index contributed by atoms with van der Waals surface area (Å²) in [6.45, 7) is 7.93. The second-order valence-corrected chi connectivity index (χ2v) is 14.1. The molecule has 3 aromatic heterocycles. The van der Waals surface area contributed by atoms with Crippen LogP contribution in [0.4, 0.5) is 10.6 Å². The highest BCUT2D eigenvalue weighted by atomic mass is 16.5. The van der Waals surface area contributed by atoms with Crippen LogP contribution in [0.2, 0.25) is 0 Å². The van der Waals surface area contributed by atoms with Crippen molar-refractivity contribution in [3.63, 3.8) is 0 Å². The van der Waals surface area contributed by atoms with Crippen LogP contribution in [0.15, 0.2) is 41.1 Å². The van der Waals surface area contributed by atoms with Gasteiger partial charge in [0.25, 0.3) is 0 Å². The fourth-order valence-corrected chi connectivity index (χ4v) is 7.71. The van der Waals surface area contributed by atoms with Crippen molar-refractivity contribution in [3.05, 3.63) is 54.0 Å². The van der Waals surface area contributed by atoms with Gasteiger partial charge in [-0.3, -0.25) is 14.7 Å². The summed E-state index contributed by atoms with van der Waals surface area (Å²) in [6, 6.07) is 7.99. The van der Waals surface area contributed by atoms with Gasteiger partial charge in [-0.15, -0.1) is 0 Å². The summed E-state index contributed by atoms with van der Waals surface area (Å²) in [5, 5.41) is 9.49. The average Bonchev–Trinajstić information content (AvgIpc) is 3.62. The Morgan fingerprint density at radius 3 is 2.50 bits per heavy atom. The van der Waals surface area contributed by atoms with Crippen LogP contribution in [-0.4, -0.2) is 76.4 Å². The SMILES string of the molecule is COc1ccc([C@H]2CC[C@H](CN(c3cc(-c4coc(C(C)C)n4)ccn3)C(=O)[C@H]3CC[C@H](C4CN(C(=O)O)CCO4)CC3)CC2)nc1C. The van der Waals surface area contributed by atoms with Crippen LogP contribution < -0.4 is 9.64 Å². The highest BCUT2D eigenvalue weighted by Gasteiger charge is 2.37. The van der Waals surface area contributed by atoms with Crippen molar-refractivity contribution in [2.45, 2.75) is 90.1 Å². The first-order valence-corrected chi connectivity index (χ1v) is 17.5. The summed E-state index contributed by atoms with van der Waals surface area (Å²) < 4.78 is 17.1. The molecule has 3 aromatic rings. The van der Waals surface area contributed by atoms with Crippen LogP contribution in [0, 0.1) is 24.7 Å². The fourth-order valence-electron chi connectivity index (χ4n) is 7.71. The molecule has 2 saturated carbocycles. The van der Waals surface area contributed by atoms with Gasteiger partial charge >= 0.3 is 6.09 Å². The number of amides is 2. The lowest BCUT2D eigenvalue weighted by atomic mass is 9.77.